The summed E-state index contributed by atoms with van der Waals surface area (Å²) in [6, 6.07) is 6.97. The average Bonchev–Trinajstić information content (AvgIpc) is 2.95. The van der Waals surface area contributed by atoms with E-state index in [2.05, 4.69) is 31.0 Å². The van der Waals surface area contributed by atoms with E-state index < -0.39 is 0 Å². The third-order valence-electron chi connectivity index (χ3n) is 4.43. The molecule has 0 radical (unpaired) electrons. The lowest BCUT2D eigenvalue weighted by Gasteiger charge is -2.33. The first-order valence-electron chi connectivity index (χ1n) is 7.89. The molecule has 0 saturated carbocycles. The maximum atomic E-state index is 5.45. The molecule has 4 heteroatoms. The second kappa shape index (κ2) is 6.67. The monoisotopic (exact) mass is 291 g/mol. The second-order valence-electron chi connectivity index (χ2n) is 6.28. The molecular weight excluding hydrogens is 266 g/mol. The summed E-state index contributed by atoms with van der Waals surface area (Å²) in [7, 11) is 2.24. The van der Waals surface area contributed by atoms with E-state index in [1.54, 1.807) is 0 Å². The van der Waals surface area contributed by atoms with Crippen LogP contribution in [0.4, 0.5) is 0 Å². The van der Waals surface area contributed by atoms with Gasteiger partial charge in [0.05, 0.1) is 0 Å². The van der Waals surface area contributed by atoms with Gasteiger partial charge in [0, 0.05) is 25.8 Å². The molecule has 3 rings (SSSR count). The van der Waals surface area contributed by atoms with Crippen LogP contribution in [0.15, 0.2) is 18.2 Å². The van der Waals surface area contributed by atoms with Gasteiger partial charge in [0.2, 0.25) is 6.79 Å². The van der Waals surface area contributed by atoms with E-state index in [9.17, 15) is 0 Å². The maximum absolute atomic E-state index is 5.45. The van der Waals surface area contributed by atoms with Gasteiger partial charge in [-0.05, 0) is 49.9 Å². The Kier molecular flexibility index (Phi) is 4.66. The zero-order valence-electron chi connectivity index (χ0n) is 13.0. The summed E-state index contributed by atoms with van der Waals surface area (Å²) < 4.78 is 16.3. The van der Waals surface area contributed by atoms with Crippen molar-refractivity contribution in [2.75, 3.05) is 33.6 Å². The van der Waals surface area contributed by atoms with Crippen LogP contribution in [0.2, 0.25) is 0 Å². The minimum absolute atomic E-state index is 0.348. The molecule has 0 unspecified atom stereocenters. The summed E-state index contributed by atoms with van der Waals surface area (Å²) in [6.07, 6.45) is 3.39. The highest BCUT2D eigenvalue weighted by Gasteiger charge is 2.20. The number of hydrogen-bond donors (Lipinski definition) is 0. The zero-order valence-corrected chi connectivity index (χ0v) is 13.0. The van der Waals surface area contributed by atoms with Gasteiger partial charge < -0.3 is 19.1 Å². The summed E-state index contributed by atoms with van der Waals surface area (Å²) in [5.41, 5.74) is 1.33. The molecule has 1 atom stereocenters. The average molecular weight is 291 g/mol. The Bertz CT molecular complexity index is 471. The summed E-state index contributed by atoms with van der Waals surface area (Å²) in [4.78, 5) is 2.50. The van der Waals surface area contributed by atoms with Gasteiger partial charge in [0.15, 0.2) is 11.5 Å². The molecule has 1 fully saturated rings. The Labute approximate surface area is 127 Å². The van der Waals surface area contributed by atoms with Gasteiger partial charge >= 0.3 is 0 Å². The normalized spacial score (nSPS) is 20.0. The summed E-state index contributed by atoms with van der Waals surface area (Å²) in [5.74, 6) is 2.38. The molecule has 0 N–H and O–H groups in total. The van der Waals surface area contributed by atoms with Gasteiger partial charge in [-0.25, -0.2) is 0 Å². The number of fused-ring (bicyclic) bond motifs is 1. The van der Waals surface area contributed by atoms with Crippen LogP contribution in [0.25, 0.3) is 0 Å². The van der Waals surface area contributed by atoms with E-state index in [0.29, 0.717) is 18.8 Å². The van der Waals surface area contributed by atoms with E-state index in [1.807, 2.05) is 6.07 Å². The van der Waals surface area contributed by atoms with Crippen LogP contribution in [-0.4, -0.2) is 44.5 Å². The molecular formula is C17H25NO3. The Morgan fingerprint density at radius 3 is 2.76 bits per heavy atom. The molecule has 0 bridgehead atoms. The lowest BCUT2D eigenvalue weighted by molar-refractivity contribution is 0.0390. The molecule has 0 amide bonds. The second-order valence-corrected chi connectivity index (χ2v) is 6.28. The topological polar surface area (TPSA) is 30.9 Å². The van der Waals surface area contributed by atoms with Gasteiger partial charge in [-0.2, -0.15) is 0 Å². The first-order chi connectivity index (χ1) is 10.2. The SMILES string of the molecule is C[C@H](Cc1ccc2c(c1)OCO2)CN(C)C1CCOCC1. The van der Waals surface area contributed by atoms with Crippen LogP contribution in [0.3, 0.4) is 0 Å². The summed E-state index contributed by atoms with van der Waals surface area (Å²) >= 11 is 0. The van der Waals surface area contributed by atoms with Crippen LogP contribution in [0.1, 0.15) is 25.3 Å². The molecule has 0 aliphatic carbocycles. The fourth-order valence-electron chi connectivity index (χ4n) is 3.30. The third kappa shape index (κ3) is 3.69. The van der Waals surface area contributed by atoms with Crippen LogP contribution >= 0.6 is 0 Å². The van der Waals surface area contributed by atoms with Crippen LogP contribution < -0.4 is 9.47 Å². The van der Waals surface area contributed by atoms with Crippen molar-refractivity contribution >= 4 is 0 Å². The summed E-state index contributed by atoms with van der Waals surface area (Å²) in [5, 5.41) is 0. The van der Waals surface area contributed by atoms with Gasteiger partial charge in [0.1, 0.15) is 0 Å². The Balaban J connectivity index is 1.52. The highest BCUT2D eigenvalue weighted by Crippen LogP contribution is 2.33. The predicted molar refractivity (Wildman–Crippen MR) is 81.9 cm³/mol. The standard InChI is InChI=1S/C17H25NO3/c1-13(11-18(2)15-5-7-19-8-6-15)9-14-3-4-16-17(10-14)21-12-20-16/h3-4,10,13,15H,5-9,11-12H2,1-2H3/t13-/m1/s1. The fourth-order valence-corrected chi connectivity index (χ4v) is 3.30. The van der Waals surface area contributed by atoms with Crippen molar-refractivity contribution in [3.8, 4) is 11.5 Å². The molecule has 1 saturated heterocycles. The number of rotatable bonds is 5. The lowest BCUT2D eigenvalue weighted by atomic mass is 9.98. The van der Waals surface area contributed by atoms with Crippen molar-refractivity contribution in [3.63, 3.8) is 0 Å². The van der Waals surface area contributed by atoms with E-state index in [-0.39, 0.29) is 0 Å². The fraction of sp³-hybridized carbons (Fsp3) is 0.647. The van der Waals surface area contributed by atoms with E-state index in [4.69, 9.17) is 14.2 Å². The van der Waals surface area contributed by atoms with Gasteiger partial charge in [0.25, 0.3) is 0 Å². The molecule has 4 nitrogen and oxygen atoms in total. The minimum atomic E-state index is 0.348. The van der Waals surface area contributed by atoms with Crippen molar-refractivity contribution in [2.45, 2.75) is 32.2 Å². The number of nitrogens with zero attached hydrogens (tertiary/aromatic N) is 1. The molecule has 2 aliphatic rings. The Hall–Kier alpha value is -1.26. The van der Waals surface area contributed by atoms with Crippen molar-refractivity contribution in [1.29, 1.82) is 0 Å². The molecule has 2 aliphatic heterocycles. The molecule has 21 heavy (non-hydrogen) atoms. The lowest BCUT2D eigenvalue weighted by Crippen LogP contribution is -2.39. The van der Waals surface area contributed by atoms with Crippen molar-refractivity contribution in [3.05, 3.63) is 23.8 Å². The van der Waals surface area contributed by atoms with E-state index >= 15 is 0 Å². The molecule has 2 heterocycles. The number of hydrogen-bond acceptors (Lipinski definition) is 4. The van der Waals surface area contributed by atoms with Crippen LogP contribution in [-0.2, 0) is 11.2 Å². The molecule has 1 aromatic rings. The summed E-state index contributed by atoms with van der Waals surface area (Å²) in [6.45, 7) is 5.61. The first-order valence-corrected chi connectivity index (χ1v) is 7.89. The molecule has 1 aromatic carbocycles. The minimum Gasteiger partial charge on any atom is -0.454 e. The number of benzene rings is 1. The van der Waals surface area contributed by atoms with Crippen molar-refractivity contribution in [1.82, 2.24) is 4.90 Å². The smallest absolute Gasteiger partial charge is 0.231 e. The molecule has 116 valence electrons. The highest BCUT2D eigenvalue weighted by atomic mass is 16.7. The molecule has 0 aromatic heterocycles. The number of ether oxygens (including phenoxy) is 3. The Morgan fingerprint density at radius 1 is 1.19 bits per heavy atom. The largest absolute Gasteiger partial charge is 0.454 e. The van der Waals surface area contributed by atoms with Crippen LogP contribution in [0, 0.1) is 5.92 Å². The first kappa shape index (κ1) is 14.7. The van der Waals surface area contributed by atoms with Crippen LogP contribution in [0.5, 0.6) is 11.5 Å². The van der Waals surface area contributed by atoms with Gasteiger partial charge in [-0.3, -0.25) is 0 Å². The Morgan fingerprint density at radius 2 is 1.95 bits per heavy atom. The van der Waals surface area contributed by atoms with Crippen molar-refractivity contribution in [2.24, 2.45) is 5.92 Å². The van der Waals surface area contributed by atoms with E-state index in [1.165, 1.54) is 5.56 Å². The zero-order chi connectivity index (χ0) is 14.7. The maximum Gasteiger partial charge on any atom is 0.231 e. The van der Waals surface area contributed by atoms with Gasteiger partial charge in [-0.1, -0.05) is 13.0 Å². The highest BCUT2D eigenvalue weighted by molar-refractivity contribution is 5.44. The van der Waals surface area contributed by atoms with Crippen molar-refractivity contribution < 1.29 is 14.2 Å². The quantitative estimate of drug-likeness (QED) is 0.834. The predicted octanol–water partition coefficient (Wildman–Crippen LogP) is 2.70. The van der Waals surface area contributed by atoms with E-state index in [0.717, 1.165) is 50.5 Å². The third-order valence-corrected chi connectivity index (χ3v) is 4.43. The molecule has 0 spiro atoms. The van der Waals surface area contributed by atoms with Gasteiger partial charge in [-0.15, -0.1) is 0 Å².